The summed E-state index contributed by atoms with van der Waals surface area (Å²) in [6, 6.07) is 22.7. The van der Waals surface area contributed by atoms with Gasteiger partial charge in [0.25, 0.3) is 5.91 Å². The van der Waals surface area contributed by atoms with Gasteiger partial charge in [0.15, 0.2) is 0 Å². The minimum absolute atomic E-state index is 0.114. The molecule has 0 radical (unpaired) electrons. The molecule has 0 aliphatic heterocycles. The van der Waals surface area contributed by atoms with E-state index < -0.39 is 0 Å². The predicted molar refractivity (Wildman–Crippen MR) is 120 cm³/mol. The number of benzene rings is 3. The van der Waals surface area contributed by atoms with E-state index in [0.29, 0.717) is 29.8 Å². The van der Waals surface area contributed by atoms with Gasteiger partial charge in [0.2, 0.25) is 0 Å². The number of aryl methyl sites for hydroxylation is 1. The molecule has 5 nitrogen and oxygen atoms in total. The van der Waals surface area contributed by atoms with Crippen LogP contribution in [-0.2, 0) is 16.0 Å². The van der Waals surface area contributed by atoms with Crippen LogP contribution in [0.2, 0.25) is 0 Å². The van der Waals surface area contributed by atoms with Crippen molar-refractivity contribution in [1.82, 2.24) is 0 Å². The number of anilines is 2. The average Bonchev–Trinajstić information content (AvgIpc) is 2.74. The van der Waals surface area contributed by atoms with Crippen LogP contribution < -0.4 is 11.1 Å². The Kier molecular flexibility index (Phi) is 6.86. The van der Waals surface area contributed by atoms with Gasteiger partial charge in [0.05, 0.1) is 17.5 Å². The first-order valence-electron chi connectivity index (χ1n) is 9.97. The monoisotopic (exact) mass is 402 g/mol. The van der Waals surface area contributed by atoms with E-state index in [-0.39, 0.29) is 18.0 Å². The summed E-state index contributed by atoms with van der Waals surface area (Å²) in [6.07, 6.45) is 0.767. The fourth-order valence-electron chi connectivity index (χ4n) is 3.06. The smallest absolute Gasteiger partial charge is 0.306 e. The molecule has 0 aliphatic rings. The summed E-state index contributed by atoms with van der Waals surface area (Å²) in [5, 5.41) is 2.89. The number of amides is 1. The zero-order chi connectivity index (χ0) is 21.5. The highest BCUT2D eigenvalue weighted by atomic mass is 16.5. The number of rotatable bonds is 7. The van der Waals surface area contributed by atoms with Crippen molar-refractivity contribution < 1.29 is 14.3 Å². The summed E-state index contributed by atoms with van der Waals surface area (Å²) >= 11 is 0. The third-order valence-electron chi connectivity index (χ3n) is 4.61. The van der Waals surface area contributed by atoms with Gasteiger partial charge in [-0.1, -0.05) is 48.5 Å². The molecule has 0 aliphatic carbocycles. The minimum Gasteiger partial charge on any atom is -0.463 e. The van der Waals surface area contributed by atoms with Crippen LogP contribution in [0.1, 0.15) is 36.2 Å². The lowest BCUT2D eigenvalue weighted by molar-refractivity contribution is -0.147. The maximum absolute atomic E-state index is 12.7. The molecule has 1 amide bonds. The van der Waals surface area contributed by atoms with Crippen molar-refractivity contribution in [1.29, 1.82) is 0 Å². The molecule has 3 aromatic carbocycles. The highest BCUT2D eigenvalue weighted by molar-refractivity contribution is 6.06. The Morgan fingerprint density at radius 3 is 2.30 bits per heavy atom. The van der Waals surface area contributed by atoms with Gasteiger partial charge in [-0.25, -0.2) is 0 Å². The van der Waals surface area contributed by atoms with E-state index in [2.05, 4.69) is 5.32 Å². The van der Waals surface area contributed by atoms with Crippen LogP contribution in [0.4, 0.5) is 11.4 Å². The van der Waals surface area contributed by atoms with Crippen molar-refractivity contribution in [3.63, 3.8) is 0 Å². The molecule has 0 saturated heterocycles. The molecule has 3 rings (SSSR count). The van der Waals surface area contributed by atoms with Crippen LogP contribution in [0.5, 0.6) is 0 Å². The fraction of sp³-hybridized carbons (Fsp3) is 0.200. The molecule has 154 valence electrons. The topological polar surface area (TPSA) is 81.4 Å². The summed E-state index contributed by atoms with van der Waals surface area (Å²) < 4.78 is 5.14. The zero-order valence-corrected chi connectivity index (χ0v) is 17.2. The van der Waals surface area contributed by atoms with Crippen LogP contribution in [-0.4, -0.2) is 18.0 Å². The van der Waals surface area contributed by atoms with Crippen molar-refractivity contribution >= 4 is 23.3 Å². The number of carbonyl (C=O) groups is 2. The van der Waals surface area contributed by atoms with E-state index in [1.807, 2.05) is 68.4 Å². The molecule has 0 spiro atoms. The summed E-state index contributed by atoms with van der Waals surface area (Å²) in [5.74, 6) is -0.460. The van der Waals surface area contributed by atoms with Crippen LogP contribution in [0.25, 0.3) is 11.1 Å². The van der Waals surface area contributed by atoms with Crippen LogP contribution in [0.15, 0.2) is 72.8 Å². The number of hydrogen-bond acceptors (Lipinski definition) is 4. The van der Waals surface area contributed by atoms with Gasteiger partial charge in [0.1, 0.15) is 0 Å². The molecule has 0 saturated carbocycles. The Morgan fingerprint density at radius 1 is 0.933 bits per heavy atom. The lowest BCUT2D eigenvalue weighted by Crippen LogP contribution is -2.13. The average molecular weight is 402 g/mol. The quantitative estimate of drug-likeness (QED) is 0.427. The van der Waals surface area contributed by atoms with E-state index in [9.17, 15) is 9.59 Å². The molecule has 0 heterocycles. The number of esters is 1. The molecular formula is C25H26N2O3. The number of hydrogen-bond donors (Lipinski definition) is 2. The van der Waals surface area contributed by atoms with Gasteiger partial charge in [-0.05, 0) is 61.2 Å². The summed E-state index contributed by atoms with van der Waals surface area (Å²) in [7, 11) is 0. The van der Waals surface area contributed by atoms with Gasteiger partial charge in [-0.2, -0.15) is 0 Å². The lowest BCUT2D eigenvalue weighted by Gasteiger charge is -2.11. The number of ether oxygens (including phenoxy) is 1. The zero-order valence-electron chi connectivity index (χ0n) is 17.2. The molecule has 0 aromatic heterocycles. The largest absolute Gasteiger partial charge is 0.463 e. The van der Waals surface area contributed by atoms with E-state index in [4.69, 9.17) is 10.5 Å². The Bertz CT molecular complexity index is 1010. The molecule has 0 fully saturated rings. The summed E-state index contributed by atoms with van der Waals surface area (Å²) in [5.41, 5.74) is 10.7. The second-order valence-electron chi connectivity index (χ2n) is 7.36. The van der Waals surface area contributed by atoms with Gasteiger partial charge in [-0.15, -0.1) is 0 Å². The first kappa shape index (κ1) is 21.1. The highest BCUT2D eigenvalue weighted by Crippen LogP contribution is 2.27. The molecule has 0 unspecified atom stereocenters. The first-order valence-corrected chi connectivity index (χ1v) is 9.97. The molecule has 3 aromatic rings. The Labute approximate surface area is 176 Å². The molecule has 0 bridgehead atoms. The SMILES string of the molecule is CC(C)OC(=O)CCc1ccc(C(=O)Nc2cc(-c3ccccc3)ccc2N)cc1. The van der Waals surface area contributed by atoms with Crippen molar-refractivity contribution in [3.05, 3.63) is 83.9 Å². The van der Waals surface area contributed by atoms with E-state index in [1.165, 1.54) is 0 Å². The Morgan fingerprint density at radius 2 is 1.63 bits per heavy atom. The number of nitrogens with one attached hydrogen (secondary N) is 1. The minimum atomic E-state index is -0.238. The third kappa shape index (κ3) is 5.70. The predicted octanol–water partition coefficient (Wildman–Crippen LogP) is 5.07. The highest BCUT2D eigenvalue weighted by Gasteiger charge is 2.11. The van der Waals surface area contributed by atoms with Crippen molar-refractivity contribution in [2.75, 3.05) is 11.1 Å². The van der Waals surface area contributed by atoms with Crippen molar-refractivity contribution in [2.45, 2.75) is 32.8 Å². The normalized spacial score (nSPS) is 10.6. The van der Waals surface area contributed by atoms with Crippen LogP contribution in [0.3, 0.4) is 0 Å². The maximum atomic E-state index is 12.7. The lowest BCUT2D eigenvalue weighted by atomic mass is 10.0. The third-order valence-corrected chi connectivity index (χ3v) is 4.61. The maximum Gasteiger partial charge on any atom is 0.306 e. The number of carbonyl (C=O) groups excluding carboxylic acids is 2. The van der Waals surface area contributed by atoms with Gasteiger partial charge >= 0.3 is 5.97 Å². The molecule has 5 heteroatoms. The molecule has 30 heavy (non-hydrogen) atoms. The number of nitrogen functional groups attached to an aromatic ring is 1. The van der Waals surface area contributed by atoms with Crippen LogP contribution in [0, 0.1) is 0 Å². The van der Waals surface area contributed by atoms with E-state index >= 15 is 0 Å². The molecule has 0 atom stereocenters. The van der Waals surface area contributed by atoms with E-state index in [1.54, 1.807) is 18.2 Å². The van der Waals surface area contributed by atoms with Crippen molar-refractivity contribution in [3.8, 4) is 11.1 Å². The molecular weight excluding hydrogens is 376 g/mol. The Balaban J connectivity index is 1.65. The molecule has 3 N–H and O–H groups in total. The summed E-state index contributed by atoms with van der Waals surface area (Å²) in [4.78, 5) is 24.3. The van der Waals surface area contributed by atoms with Gasteiger partial charge < -0.3 is 15.8 Å². The van der Waals surface area contributed by atoms with E-state index in [0.717, 1.165) is 16.7 Å². The Hall–Kier alpha value is -3.60. The second kappa shape index (κ2) is 9.74. The first-order chi connectivity index (χ1) is 14.4. The fourth-order valence-corrected chi connectivity index (χ4v) is 3.06. The van der Waals surface area contributed by atoms with Gasteiger partial charge in [0, 0.05) is 12.0 Å². The number of nitrogens with two attached hydrogens (primary N) is 1. The summed E-state index contributed by atoms with van der Waals surface area (Å²) in [6.45, 7) is 3.65. The standard InChI is InChI=1S/C25H26N2O3/c1-17(2)30-24(28)15-10-18-8-11-20(12-9-18)25(29)27-23-16-21(13-14-22(23)26)19-6-4-3-5-7-19/h3-9,11-14,16-17H,10,15,26H2,1-2H3,(H,27,29). The second-order valence-corrected chi connectivity index (χ2v) is 7.36. The van der Waals surface area contributed by atoms with Crippen LogP contribution >= 0.6 is 0 Å². The van der Waals surface area contributed by atoms with Gasteiger partial charge in [-0.3, -0.25) is 9.59 Å². The van der Waals surface area contributed by atoms with Crippen molar-refractivity contribution in [2.24, 2.45) is 0 Å².